The average Bonchev–Trinajstić information content (AvgIpc) is 2.52. The fourth-order valence-corrected chi connectivity index (χ4v) is 6.32. The SMILES string of the molecule is C[C@H](NC(=O)/C=C/c1cccc(Br)c1)C12CC3CC(CC(C3)C1)C2. The lowest BCUT2D eigenvalue weighted by molar-refractivity contribution is -0.121. The van der Waals surface area contributed by atoms with Crippen LogP contribution in [0.5, 0.6) is 0 Å². The van der Waals surface area contributed by atoms with Gasteiger partial charge in [0.1, 0.15) is 0 Å². The number of hydrogen-bond donors (Lipinski definition) is 1. The quantitative estimate of drug-likeness (QED) is 0.708. The molecule has 1 aromatic rings. The van der Waals surface area contributed by atoms with E-state index in [0.717, 1.165) is 27.8 Å². The molecule has 3 heteroatoms. The van der Waals surface area contributed by atoms with Crippen LogP contribution < -0.4 is 5.32 Å². The molecule has 1 amide bonds. The minimum Gasteiger partial charge on any atom is -0.350 e. The highest BCUT2D eigenvalue weighted by Gasteiger charge is 2.53. The van der Waals surface area contributed by atoms with Crippen LogP contribution in [0.1, 0.15) is 51.0 Å². The zero-order chi connectivity index (χ0) is 16.7. The summed E-state index contributed by atoms with van der Waals surface area (Å²) < 4.78 is 1.03. The second kappa shape index (κ2) is 6.33. The number of benzene rings is 1. The highest BCUT2D eigenvalue weighted by atomic mass is 79.9. The molecule has 4 aliphatic rings. The van der Waals surface area contributed by atoms with Crippen LogP contribution in [-0.2, 0) is 4.79 Å². The number of hydrogen-bond acceptors (Lipinski definition) is 1. The molecule has 0 heterocycles. The summed E-state index contributed by atoms with van der Waals surface area (Å²) in [5.41, 5.74) is 1.41. The van der Waals surface area contributed by atoms with Crippen LogP contribution in [0.2, 0.25) is 0 Å². The summed E-state index contributed by atoms with van der Waals surface area (Å²) in [5, 5.41) is 3.28. The van der Waals surface area contributed by atoms with Crippen LogP contribution in [0.15, 0.2) is 34.8 Å². The van der Waals surface area contributed by atoms with Crippen molar-refractivity contribution >= 4 is 27.9 Å². The lowest BCUT2D eigenvalue weighted by atomic mass is 9.48. The van der Waals surface area contributed by atoms with Crippen molar-refractivity contribution in [1.82, 2.24) is 5.32 Å². The molecule has 0 aliphatic heterocycles. The van der Waals surface area contributed by atoms with Gasteiger partial charge in [-0.15, -0.1) is 0 Å². The predicted molar refractivity (Wildman–Crippen MR) is 101 cm³/mol. The fraction of sp³-hybridized carbons (Fsp3) is 0.571. The molecule has 0 radical (unpaired) electrons. The van der Waals surface area contributed by atoms with Gasteiger partial charge in [-0.05, 0) is 92.4 Å². The molecule has 4 aliphatic carbocycles. The first kappa shape index (κ1) is 16.4. The topological polar surface area (TPSA) is 29.1 Å². The first-order valence-electron chi connectivity index (χ1n) is 9.26. The third kappa shape index (κ3) is 3.20. The molecule has 4 saturated carbocycles. The van der Waals surface area contributed by atoms with Crippen molar-refractivity contribution < 1.29 is 4.79 Å². The van der Waals surface area contributed by atoms with Gasteiger partial charge in [0.2, 0.25) is 5.91 Å². The summed E-state index contributed by atoms with van der Waals surface area (Å²) in [6.45, 7) is 2.23. The Morgan fingerprint density at radius 2 is 1.83 bits per heavy atom. The first-order valence-corrected chi connectivity index (χ1v) is 10.1. The van der Waals surface area contributed by atoms with E-state index in [-0.39, 0.29) is 11.9 Å². The van der Waals surface area contributed by atoms with E-state index >= 15 is 0 Å². The van der Waals surface area contributed by atoms with Gasteiger partial charge in [-0.3, -0.25) is 4.79 Å². The Hall–Kier alpha value is -1.09. The maximum Gasteiger partial charge on any atom is 0.244 e. The van der Waals surface area contributed by atoms with E-state index in [0.29, 0.717) is 5.41 Å². The van der Waals surface area contributed by atoms with Crippen LogP contribution in [-0.4, -0.2) is 11.9 Å². The van der Waals surface area contributed by atoms with Gasteiger partial charge in [0.05, 0.1) is 0 Å². The smallest absolute Gasteiger partial charge is 0.244 e. The molecule has 0 spiro atoms. The van der Waals surface area contributed by atoms with Crippen molar-refractivity contribution in [3.8, 4) is 0 Å². The third-order valence-electron chi connectivity index (χ3n) is 6.64. The van der Waals surface area contributed by atoms with Gasteiger partial charge < -0.3 is 5.32 Å². The third-order valence-corrected chi connectivity index (χ3v) is 7.13. The van der Waals surface area contributed by atoms with E-state index < -0.39 is 0 Å². The Morgan fingerprint density at radius 1 is 1.21 bits per heavy atom. The lowest BCUT2D eigenvalue weighted by Crippen LogP contribution is -2.55. The molecule has 24 heavy (non-hydrogen) atoms. The summed E-state index contributed by atoms with van der Waals surface area (Å²) in [6, 6.07) is 8.29. The Bertz CT molecular complexity index is 630. The van der Waals surface area contributed by atoms with E-state index in [1.54, 1.807) is 6.08 Å². The summed E-state index contributed by atoms with van der Waals surface area (Å²) in [4.78, 5) is 12.4. The molecular weight excluding hydrogens is 362 g/mol. The van der Waals surface area contributed by atoms with E-state index in [4.69, 9.17) is 0 Å². The van der Waals surface area contributed by atoms with Crippen LogP contribution in [0, 0.1) is 23.2 Å². The molecule has 128 valence electrons. The molecule has 0 saturated heterocycles. The Kier molecular flexibility index (Phi) is 4.32. The van der Waals surface area contributed by atoms with Gasteiger partial charge >= 0.3 is 0 Å². The number of rotatable bonds is 4. The Morgan fingerprint density at radius 3 is 2.42 bits per heavy atom. The summed E-state index contributed by atoms with van der Waals surface area (Å²) in [7, 11) is 0. The summed E-state index contributed by atoms with van der Waals surface area (Å²) in [6.07, 6.45) is 11.9. The maximum absolute atomic E-state index is 12.4. The molecule has 2 nitrogen and oxygen atoms in total. The number of amides is 1. The van der Waals surface area contributed by atoms with Gasteiger partial charge in [0.15, 0.2) is 0 Å². The second-order valence-electron chi connectivity index (χ2n) is 8.40. The first-order chi connectivity index (χ1) is 11.5. The summed E-state index contributed by atoms with van der Waals surface area (Å²) >= 11 is 3.47. The zero-order valence-electron chi connectivity index (χ0n) is 14.3. The molecule has 4 bridgehead atoms. The molecular formula is C21H26BrNO. The Labute approximate surface area is 153 Å². The maximum atomic E-state index is 12.4. The number of nitrogens with one attached hydrogen (secondary N) is 1. The van der Waals surface area contributed by atoms with E-state index in [9.17, 15) is 4.79 Å². The normalized spacial score (nSPS) is 35.3. The van der Waals surface area contributed by atoms with Crippen molar-refractivity contribution in [2.75, 3.05) is 0 Å². The van der Waals surface area contributed by atoms with Crippen molar-refractivity contribution in [3.63, 3.8) is 0 Å². The van der Waals surface area contributed by atoms with E-state index in [2.05, 4.69) is 28.2 Å². The van der Waals surface area contributed by atoms with Crippen LogP contribution in [0.25, 0.3) is 6.08 Å². The van der Waals surface area contributed by atoms with Gasteiger partial charge in [-0.2, -0.15) is 0 Å². The largest absolute Gasteiger partial charge is 0.350 e. The minimum absolute atomic E-state index is 0.0400. The van der Waals surface area contributed by atoms with E-state index in [1.807, 2.05) is 30.3 Å². The van der Waals surface area contributed by atoms with Crippen molar-refractivity contribution in [2.24, 2.45) is 23.2 Å². The van der Waals surface area contributed by atoms with Crippen molar-refractivity contribution in [2.45, 2.75) is 51.5 Å². The van der Waals surface area contributed by atoms with E-state index in [1.165, 1.54) is 38.5 Å². The van der Waals surface area contributed by atoms with Gasteiger partial charge in [0, 0.05) is 16.6 Å². The van der Waals surface area contributed by atoms with Gasteiger partial charge in [-0.1, -0.05) is 28.1 Å². The Balaban J connectivity index is 1.41. The van der Waals surface area contributed by atoms with Gasteiger partial charge in [-0.25, -0.2) is 0 Å². The molecule has 5 rings (SSSR count). The average molecular weight is 388 g/mol. The zero-order valence-corrected chi connectivity index (χ0v) is 15.9. The highest BCUT2D eigenvalue weighted by Crippen LogP contribution is 2.61. The summed E-state index contributed by atoms with van der Waals surface area (Å²) in [5.74, 6) is 2.81. The molecule has 1 N–H and O–H groups in total. The molecule has 1 aromatic carbocycles. The molecule has 0 unspecified atom stereocenters. The lowest BCUT2D eigenvalue weighted by Gasteiger charge is -2.59. The van der Waals surface area contributed by atoms with Crippen molar-refractivity contribution in [3.05, 3.63) is 40.4 Å². The standard InChI is InChI=1S/C21H26BrNO/c1-14(21-11-16-7-17(12-21)9-18(8-16)13-21)23-20(24)6-5-15-3-2-4-19(22)10-15/h2-6,10,14,16-18H,7-9,11-13H2,1H3,(H,23,24)/b6-5+/t14-,16?,17?,18?,21?/m0/s1. The van der Waals surface area contributed by atoms with Crippen LogP contribution >= 0.6 is 15.9 Å². The predicted octanol–water partition coefficient (Wildman–Crippen LogP) is 5.18. The monoisotopic (exact) mass is 387 g/mol. The number of carbonyl (C=O) groups is 1. The fourth-order valence-electron chi connectivity index (χ4n) is 5.90. The second-order valence-corrected chi connectivity index (χ2v) is 9.31. The van der Waals surface area contributed by atoms with Crippen LogP contribution in [0.4, 0.5) is 0 Å². The van der Waals surface area contributed by atoms with Crippen molar-refractivity contribution in [1.29, 1.82) is 0 Å². The number of halogens is 1. The molecule has 0 aromatic heterocycles. The number of carbonyl (C=O) groups excluding carboxylic acids is 1. The van der Waals surface area contributed by atoms with Crippen LogP contribution in [0.3, 0.4) is 0 Å². The van der Waals surface area contributed by atoms with Gasteiger partial charge in [0.25, 0.3) is 0 Å². The molecule has 4 fully saturated rings. The minimum atomic E-state index is 0.0400. The molecule has 1 atom stereocenters. The highest BCUT2D eigenvalue weighted by molar-refractivity contribution is 9.10.